The molecule has 35 heavy (non-hydrogen) atoms. The van der Waals surface area contributed by atoms with Crippen LogP contribution in [-0.4, -0.2) is 46.7 Å². The number of halogens is 4. The Hall–Kier alpha value is -3.27. The van der Waals surface area contributed by atoms with Gasteiger partial charge in [-0.15, -0.1) is 0 Å². The van der Waals surface area contributed by atoms with Crippen LogP contribution < -0.4 is 5.32 Å². The predicted octanol–water partition coefficient (Wildman–Crippen LogP) is 3.28. The van der Waals surface area contributed by atoms with Crippen LogP contribution in [0.15, 0.2) is 48.5 Å². The van der Waals surface area contributed by atoms with E-state index in [1.807, 2.05) is 0 Å². The van der Waals surface area contributed by atoms with Crippen LogP contribution in [0, 0.1) is 17.7 Å². The summed E-state index contributed by atoms with van der Waals surface area (Å²) in [6, 6.07) is 9.42. The van der Waals surface area contributed by atoms with Crippen LogP contribution in [0.1, 0.15) is 35.6 Å². The average molecular weight is 489 g/mol. The Balaban J connectivity index is 1.50. The van der Waals surface area contributed by atoms with Crippen LogP contribution in [0.25, 0.3) is 0 Å². The van der Waals surface area contributed by atoms with E-state index in [1.165, 1.54) is 31.3 Å². The van der Waals surface area contributed by atoms with Crippen molar-refractivity contribution in [1.29, 1.82) is 0 Å². The number of alkyl halides is 3. The van der Waals surface area contributed by atoms with E-state index in [9.17, 15) is 31.9 Å². The van der Waals surface area contributed by atoms with Crippen LogP contribution in [0.5, 0.6) is 0 Å². The van der Waals surface area contributed by atoms with Crippen LogP contribution >= 0.6 is 0 Å². The maximum Gasteiger partial charge on any atom is 0.416 e. The molecule has 1 N–H and O–H groups in total. The lowest BCUT2D eigenvalue weighted by Gasteiger charge is -2.42. The van der Waals surface area contributed by atoms with E-state index >= 15 is 0 Å². The molecule has 2 aromatic rings. The zero-order valence-electron chi connectivity index (χ0n) is 18.8. The minimum atomic E-state index is -4.51. The first kappa shape index (κ1) is 23.5. The number of carbonyl (C=O) groups is 3. The molecule has 0 aliphatic carbocycles. The highest BCUT2D eigenvalue weighted by molar-refractivity contribution is 6.10. The number of likely N-dealkylation sites (tertiary alicyclic amines) is 2. The lowest BCUT2D eigenvalue weighted by Crippen LogP contribution is -2.63. The molecule has 5 rings (SSSR count). The second-order valence-electron chi connectivity index (χ2n) is 9.41. The molecule has 3 fully saturated rings. The third kappa shape index (κ3) is 3.71. The van der Waals surface area contributed by atoms with Crippen molar-refractivity contribution >= 4 is 17.7 Å². The molecule has 0 radical (unpaired) electrons. The zero-order chi connectivity index (χ0) is 25.1. The normalized spacial score (nSPS) is 28.8. The summed E-state index contributed by atoms with van der Waals surface area (Å²) in [4.78, 5) is 42.7. The summed E-state index contributed by atoms with van der Waals surface area (Å²) in [6.07, 6.45) is -3.63. The Labute approximate surface area is 198 Å². The molecular weight excluding hydrogens is 466 g/mol. The highest BCUT2D eigenvalue weighted by Gasteiger charge is 2.68. The van der Waals surface area contributed by atoms with Gasteiger partial charge in [0.25, 0.3) is 0 Å². The largest absolute Gasteiger partial charge is 0.416 e. The van der Waals surface area contributed by atoms with E-state index in [4.69, 9.17) is 0 Å². The van der Waals surface area contributed by atoms with Crippen molar-refractivity contribution in [3.8, 4) is 0 Å². The number of benzene rings is 2. The lowest BCUT2D eigenvalue weighted by atomic mass is 9.74. The number of piperidine rings is 1. The lowest BCUT2D eigenvalue weighted by molar-refractivity contribution is -0.149. The number of rotatable bonds is 3. The van der Waals surface area contributed by atoms with Gasteiger partial charge in [0, 0.05) is 26.2 Å². The smallest absolute Gasteiger partial charge is 0.337 e. The van der Waals surface area contributed by atoms with Gasteiger partial charge in [-0.05, 0) is 48.2 Å². The molecular formula is C25H23F4N3O3. The molecule has 3 heterocycles. The first-order chi connectivity index (χ1) is 16.5. The fraction of sp³-hybridized carbons (Fsp3) is 0.400. The van der Waals surface area contributed by atoms with Crippen molar-refractivity contribution in [1.82, 2.24) is 15.1 Å². The van der Waals surface area contributed by atoms with Crippen LogP contribution in [0.3, 0.4) is 0 Å². The van der Waals surface area contributed by atoms with Gasteiger partial charge in [-0.2, -0.15) is 13.2 Å². The van der Waals surface area contributed by atoms with Crippen molar-refractivity contribution in [2.45, 2.75) is 37.1 Å². The SMILES string of the molecule is CN1C(=O)[C@H]2[C@@H](c3ccc(C(F)(F)F)cc3)N[C@]3(CCCN(Cc4ccc(F)cc4)C3=O)[C@H]2C1=O. The highest BCUT2D eigenvalue weighted by Crippen LogP contribution is 2.51. The monoisotopic (exact) mass is 489 g/mol. The molecule has 0 unspecified atom stereocenters. The van der Waals surface area contributed by atoms with Gasteiger partial charge in [0.05, 0.1) is 17.4 Å². The summed E-state index contributed by atoms with van der Waals surface area (Å²) < 4.78 is 52.5. The topological polar surface area (TPSA) is 69.7 Å². The van der Waals surface area contributed by atoms with Gasteiger partial charge < -0.3 is 4.90 Å². The van der Waals surface area contributed by atoms with Crippen LogP contribution in [0.4, 0.5) is 17.6 Å². The minimum absolute atomic E-state index is 0.211. The van der Waals surface area contributed by atoms with Gasteiger partial charge in [-0.25, -0.2) is 4.39 Å². The molecule has 0 bridgehead atoms. The Morgan fingerprint density at radius 3 is 2.29 bits per heavy atom. The van der Waals surface area contributed by atoms with Gasteiger partial charge in [-0.3, -0.25) is 24.6 Å². The summed E-state index contributed by atoms with van der Waals surface area (Å²) in [6.45, 7) is 0.642. The second kappa shape index (κ2) is 8.15. The molecule has 2 aromatic carbocycles. The van der Waals surface area contributed by atoms with Crippen molar-refractivity contribution in [2.75, 3.05) is 13.6 Å². The van der Waals surface area contributed by atoms with Crippen molar-refractivity contribution in [3.63, 3.8) is 0 Å². The standard InChI is InChI=1S/C25H23F4N3O3/c1-31-21(33)18-19(22(31)34)24(30-20(18)15-5-7-16(8-6-15)25(27,28)29)11-2-12-32(23(24)35)13-14-3-9-17(26)10-4-14/h3-10,18-20,30H,2,11-13H2,1H3/t18-,19-,20-,24-/m1/s1. The van der Waals surface area contributed by atoms with Crippen molar-refractivity contribution in [2.24, 2.45) is 11.8 Å². The number of nitrogens with zero attached hydrogens (tertiary/aromatic N) is 2. The van der Waals surface area contributed by atoms with E-state index in [1.54, 1.807) is 17.0 Å². The average Bonchev–Trinajstić information content (AvgIpc) is 3.28. The summed E-state index contributed by atoms with van der Waals surface area (Å²) in [5, 5.41) is 3.24. The van der Waals surface area contributed by atoms with Crippen LogP contribution in [-0.2, 0) is 27.1 Å². The van der Waals surface area contributed by atoms with Gasteiger partial charge in [-0.1, -0.05) is 24.3 Å². The Morgan fingerprint density at radius 2 is 1.66 bits per heavy atom. The summed E-state index contributed by atoms with van der Waals surface area (Å²) in [7, 11) is 1.37. The predicted molar refractivity (Wildman–Crippen MR) is 116 cm³/mol. The molecule has 1 spiro atoms. The first-order valence-corrected chi connectivity index (χ1v) is 11.3. The third-order valence-electron chi connectivity index (χ3n) is 7.43. The van der Waals surface area contributed by atoms with E-state index in [0.717, 1.165) is 22.6 Å². The number of hydrogen-bond acceptors (Lipinski definition) is 4. The molecule has 3 aliphatic heterocycles. The Kier molecular flexibility index (Phi) is 5.47. The number of carbonyl (C=O) groups excluding carboxylic acids is 3. The molecule has 10 heteroatoms. The fourth-order valence-corrected chi connectivity index (χ4v) is 5.74. The second-order valence-corrected chi connectivity index (χ2v) is 9.41. The molecule has 4 atom stereocenters. The zero-order valence-corrected chi connectivity index (χ0v) is 18.8. The van der Waals surface area contributed by atoms with E-state index < -0.39 is 52.8 Å². The number of amides is 3. The molecule has 3 aliphatic rings. The molecule has 3 saturated heterocycles. The number of fused-ring (bicyclic) bond motifs is 2. The molecule has 0 saturated carbocycles. The van der Waals surface area contributed by atoms with Crippen LogP contribution in [0.2, 0.25) is 0 Å². The molecule has 3 amide bonds. The summed E-state index contributed by atoms with van der Waals surface area (Å²) in [5.74, 6) is -3.53. The van der Waals surface area contributed by atoms with Gasteiger partial charge in [0.2, 0.25) is 17.7 Å². The van der Waals surface area contributed by atoms with E-state index in [-0.39, 0.29) is 12.5 Å². The molecule has 6 nitrogen and oxygen atoms in total. The van der Waals surface area contributed by atoms with Crippen molar-refractivity contribution in [3.05, 3.63) is 71.0 Å². The summed E-state index contributed by atoms with van der Waals surface area (Å²) in [5.41, 5.74) is -1.05. The Morgan fingerprint density at radius 1 is 1.00 bits per heavy atom. The van der Waals surface area contributed by atoms with Gasteiger partial charge in [0.1, 0.15) is 11.4 Å². The number of imide groups is 1. The van der Waals surface area contributed by atoms with Gasteiger partial charge >= 0.3 is 6.18 Å². The highest BCUT2D eigenvalue weighted by atomic mass is 19.4. The quantitative estimate of drug-likeness (QED) is 0.531. The third-order valence-corrected chi connectivity index (χ3v) is 7.43. The fourth-order valence-electron chi connectivity index (χ4n) is 5.74. The Bertz CT molecular complexity index is 1180. The molecule has 0 aromatic heterocycles. The maximum absolute atomic E-state index is 13.8. The number of nitrogens with one attached hydrogen (secondary N) is 1. The molecule has 184 valence electrons. The van der Waals surface area contributed by atoms with E-state index in [2.05, 4.69) is 5.32 Å². The summed E-state index contributed by atoms with van der Waals surface area (Å²) >= 11 is 0. The number of hydrogen-bond donors (Lipinski definition) is 1. The van der Waals surface area contributed by atoms with Crippen molar-refractivity contribution < 1.29 is 31.9 Å². The minimum Gasteiger partial charge on any atom is -0.337 e. The maximum atomic E-state index is 13.8. The first-order valence-electron chi connectivity index (χ1n) is 11.3. The van der Waals surface area contributed by atoms with Gasteiger partial charge in [0.15, 0.2) is 0 Å². The van der Waals surface area contributed by atoms with E-state index in [0.29, 0.717) is 24.9 Å².